The SMILES string of the molecule is CC1C(c2ccccc2)CC(N)C(=O)N1CCCCCN(C)C/C=C/c1cnc2c(c1)[C@@]1(Cc3cc(C(=O)O)cnc3C1)C(=O)N2. The van der Waals surface area contributed by atoms with Gasteiger partial charge in [-0.15, -0.1) is 0 Å². The van der Waals surface area contributed by atoms with Crippen molar-refractivity contribution >= 4 is 29.7 Å². The van der Waals surface area contributed by atoms with Crippen LogP contribution < -0.4 is 11.1 Å². The molecule has 0 saturated carbocycles. The van der Waals surface area contributed by atoms with Crippen molar-refractivity contribution in [3.63, 3.8) is 0 Å². The van der Waals surface area contributed by atoms with Crippen molar-refractivity contribution in [1.82, 2.24) is 19.8 Å². The monoisotopic (exact) mass is 622 g/mol. The maximum absolute atomic E-state index is 13.2. The molecule has 4 N–H and O–H groups in total. The topological polar surface area (TPSA) is 142 Å². The summed E-state index contributed by atoms with van der Waals surface area (Å²) in [5.74, 6) is -0.269. The van der Waals surface area contributed by atoms with Crippen LogP contribution in [0.3, 0.4) is 0 Å². The lowest BCUT2D eigenvalue weighted by atomic mass is 9.79. The smallest absolute Gasteiger partial charge is 0.337 e. The number of piperidine rings is 1. The number of unbranched alkanes of at least 4 members (excludes halogenated alkanes) is 2. The molecule has 1 spiro atoms. The minimum Gasteiger partial charge on any atom is -0.478 e. The first-order valence-corrected chi connectivity index (χ1v) is 16.2. The highest BCUT2D eigenvalue weighted by Crippen LogP contribution is 2.46. The van der Waals surface area contributed by atoms with E-state index in [1.54, 1.807) is 12.3 Å². The van der Waals surface area contributed by atoms with Crippen molar-refractivity contribution in [2.75, 3.05) is 32.0 Å². The lowest BCUT2D eigenvalue weighted by Crippen LogP contribution is -2.55. The second-order valence-corrected chi connectivity index (χ2v) is 13.0. The van der Waals surface area contributed by atoms with Crippen LogP contribution in [-0.4, -0.2) is 81.4 Å². The van der Waals surface area contributed by atoms with Gasteiger partial charge in [0.1, 0.15) is 5.82 Å². The first-order valence-electron chi connectivity index (χ1n) is 16.2. The highest BCUT2D eigenvalue weighted by molar-refractivity contribution is 6.06. The van der Waals surface area contributed by atoms with Crippen LogP contribution in [0.1, 0.15) is 76.8 Å². The van der Waals surface area contributed by atoms with E-state index in [-0.39, 0.29) is 29.3 Å². The number of amides is 2. The molecule has 3 aromatic rings. The molecule has 3 aliphatic rings. The average molecular weight is 623 g/mol. The van der Waals surface area contributed by atoms with E-state index in [1.165, 1.54) is 11.8 Å². The average Bonchev–Trinajstić information content (AvgIpc) is 3.56. The second kappa shape index (κ2) is 13.1. The highest BCUT2D eigenvalue weighted by atomic mass is 16.4. The van der Waals surface area contributed by atoms with Gasteiger partial charge in [-0.1, -0.05) is 48.9 Å². The van der Waals surface area contributed by atoms with Crippen LogP contribution in [0.5, 0.6) is 0 Å². The number of carboxylic acid groups (broad SMARTS) is 1. The van der Waals surface area contributed by atoms with Crippen LogP contribution in [0.25, 0.3) is 6.08 Å². The van der Waals surface area contributed by atoms with Gasteiger partial charge in [0.2, 0.25) is 11.8 Å². The first-order chi connectivity index (χ1) is 22.2. The van der Waals surface area contributed by atoms with Gasteiger partial charge < -0.3 is 26.0 Å². The Kier molecular flexibility index (Phi) is 9.02. The summed E-state index contributed by atoms with van der Waals surface area (Å²) in [7, 11) is 2.09. The Morgan fingerprint density at radius 2 is 1.93 bits per heavy atom. The van der Waals surface area contributed by atoms with Crippen LogP contribution in [-0.2, 0) is 27.8 Å². The Morgan fingerprint density at radius 1 is 1.13 bits per heavy atom. The zero-order valence-electron chi connectivity index (χ0n) is 26.5. The number of benzene rings is 1. The Labute approximate surface area is 269 Å². The molecule has 1 saturated heterocycles. The van der Waals surface area contributed by atoms with Crippen LogP contribution >= 0.6 is 0 Å². The van der Waals surface area contributed by atoms with Gasteiger partial charge in [-0.2, -0.15) is 0 Å². The maximum atomic E-state index is 13.2. The highest BCUT2D eigenvalue weighted by Gasteiger charge is 2.52. The fraction of sp³-hybridized carbons (Fsp3) is 0.417. The van der Waals surface area contributed by atoms with Crippen molar-refractivity contribution in [2.24, 2.45) is 5.73 Å². The number of carbonyl (C=O) groups is 3. The Bertz CT molecular complexity index is 1660. The largest absolute Gasteiger partial charge is 0.478 e. The summed E-state index contributed by atoms with van der Waals surface area (Å²) in [5, 5.41) is 12.3. The lowest BCUT2D eigenvalue weighted by Gasteiger charge is -2.42. The number of pyridine rings is 2. The number of rotatable bonds is 11. The summed E-state index contributed by atoms with van der Waals surface area (Å²) in [5.41, 5.74) is 10.1. The first kappa shape index (κ1) is 31.6. The number of fused-ring (bicyclic) bond motifs is 3. The van der Waals surface area contributed by atoms with Gasteiger partial charge in [-0.25, -0.2) is 9.78 Å². The Morgan fingerprint density at radius 3 is 2.72 bits per heavy atom. The third kappa shape index (κ3) is 6.19. The predicted octanol–water partition coefficient (Wildman–Crippen LogP) is 4.01. The number of hydrogen-bond acceptors (Lipinski definition) is 7. The number of hydrogen-bond donors (Lipinski definition) is 3. The summed E-state index contributed by atoms with van der Waals surface area (Å²) in [4.78, 5) is 50.7. The minimum atomic E-state index is -1.03. The van der Waals surface area contributed by atoms with Crippen molar-refractivity contribution < 1.29 is 19.5 Å². The molecule has 2 aliphatic heterocycles. The molecule has 10 nitrogen and oxygen atoms in total. The van der Waals surface area contributed by atoms with Gasteiger partial charge >= 0.3 is 5.97 Å². The van der Waals surface area contributed by atoms with E-state index in [9.17, 15) is 19.5 Å². The third-order valence-electron chi connectivity index (χ3n) is 9.94. The van der Waals surface area contributed by atoms with Crippen molar-refractivity contribution in [3.8, 4) is 0 Å². The van der Waals surface area contributed by atoms with Crippen molar-refractivity contribution in [3.05, 3.63) is 94.4 Å². The summed E-state index contributed by atoms with van der Waals surface area (Å²) < 4.78 is 0. The molecule has 1 fully saturated rings. The van der Waals surface area contributed by atoms with E-state index < -0.39 is 17.4 Å². The molecule has 4 atom stereocenters. The number of likely N-dealkylation sites (tertiary alicyclic amines) is 1. The molecule has 0 radical (unpaired) electrons. The second-order valence-electron chi connectivity index (χ2n) is 13.0. The summed E-state index contributed by atoms with van der Waals surface area (Å²) in [6.07, 6.45) is 11.8. The minimum absolute atomic E-state index is 0.0653. The van der Waals surface area contributed by atoms with Crippen LogP contribution in [0.15, 0.2) is 60.9 Å². The molecule has 1 aromatic carbocycles. The molecule has 6 rings (SSSR count). The molecule has 10 heteroatoms. The molecule has 1 aliphatic carbocycles. The van der Waals surface area contributed by atoms with E-state index in [4.69, 9.17) is 5.73 Å². The number of likely N-dealkylation sites (N-methyl/N-ethyl adjacent to an activating group) is 1. The molecular weight excluding hydrogens is 580 g/mol. The van der Waals surface area contributed by atoms with Gasteiger partial charge in [0.25, 0.3) is 0 Å². The number of anilines is 1. The van der Waals surface area contributed by atoms with Crippen molar-refractivity contribution in [1.29, 1.82) is 0 Å². The number of carboxylic acids is 1. The zero-order valence-corrected chi connectivity index (χ0v) is 26.5. The van der Waals surface area contributed by atoms with Gasteiger partial charge in [-0.3, -0.25) is 14.6 Å². The van der Waals surface area contributed by atoms with Gasteiger partial charge in [-0.05, 0) is 75.0 Å². The molecule has 46 heavy (non-hydrogen) atoms. The zero-order chi connectivity index (χ0) is 32.4. The summed E-state index contributed by atoms with van der Waals surface area (Å²) in [6, 6.07) is 13.7. The molecular formula is C36H42N6O4. The lowest BCUT2D eigenvalue weighted by molar-refractivity contribution is -0.138. The number of aromatic carboxylic acids is 1. The number of nitrogens with two attached hydrogens (primary N) is 1. The van der Waals surface area contributed by atoms with E-state index >= 15 is 0 Å². The van der Waals surface area contributed by atoms with E-state index in [2.05, 4.69) is 52.4 Å². The molecule has 240 valence electrons. The van der Waals surface area contributed by atoms with Crippen LogP contribution in [0.2, 0.25) is 0 Å². The fourth-order valence-corrected chi connectivity index (χ4v) is 7.31. The van der Waals surface area contributed by atoms with E-state index in [1.807, 2.05) is 35.2 Å². The number of nitrogens with zero attached hydrogens (tertiary/aromatic N) is 4. The van der Waals surface area contributed by atoms with Gasteiger partial charge in [0.15, 0.2) is 0 Å². The summed E-state index contributed by atoms with van der Waals surface area (Å²) >= 11 is 0. The quantitative estimate of drug-likeness (QED) is 0.273. The fourth-order valence-electron chi connectivity index (χ4n) is 7.31. The number of nitrogens with one attached hydrogen (secondary N) is 1. The Hall–Kier alpha value is -4.41. The molecule has 2 amide bonds. The number of carbonyl (C=O) groups excluding carboxylic acids is 2. The standard InChI is InChI=1S/C36H42N6O4/c1-23-28(25-11-5-3-6-12-25)18-30(37)33(43)42(23)15-8-4-7-13-41(2)14-9-10-24-16-29-32(39-21-24)40-35(46)36(29)19-26-17-27(34(44)45)22-38-31(26)20-36/h3,5-6,9-12,16-17,21-23,28,30H,4,7-8,13-15,18-20,37H2,1-2H3,(H,44,45)(H,39,40,46)/b10-9+/t23?,28?,30?,36-/m0/s1. The van der Waals surface area contributed by atoms with Gasteiger partial charge in [0.05, 0.1) is 17.0 Å². The van der Waals surface area contributed by atoms with Gasteiger partial charge in [0, 0.05) is 55.1 Å². The van der Waals surface area contributed by atoms with E-state index in [0.29, 0.717) is 25.1 Å². The molecule has 4 heterocycles. The molecule has 0 bridgehead atoms. The van der Waals surface area contributed by atoms with E-state index in [0.717, 1.165) is 61.3 Å². The number of aromatic nitrogens is 2. The molecule has 2 aromatic heterocycles. The molecule has 3 unspecified atom stereocenters. The predicted molar refractivity (Wildman–Crippen MR) is 176 cm³/mol. The summed E-state index contributed by atoms with van der Waals surface area (Å²) in [6.45, 7) is 4.58. The normalized spacial score (nSPS) is 23.7. The maximum Gasteiger partial charge on any atom is 0.337 e. The third-order valence-corrected chi connectivity index (χ3v) is 9.94. The Balaban J connectivity index is 0.986. The van der Waals surface area contributed by atoms with Crippen LogP contribution in [0.4, 0.5) is 5.82 Å². The van der Waals surface area contributed by atoms with Crippen LogP contribution in [0, 0.1) is 0 Å². The van der Waals surface area contributed by atoms with Crippen molar-refractivity contribution in [2.45, 2.75) is 68.9 Å².